The quantitative estimate of drug-likeness (QED) is 0.681. The number of aromatic nitrogens is 2. The highest BCUT2D eigenvalue weighted by Crippen LogP contribution is 2.32. The van der Waals surface area contributed by atoms with Gasteiger partial charge in [0.2, 0.25) is 0 Å². The highest BCUT2D eigenvalue weighted by molar-refractivity contribution is 7.90. The summed E-state index contributed by atoms with van der Waals surface area (Å²) >= 11 is 0. The van der Waals surface area contributed by atoms with E-state index in [0.717, 1.165) is 0 Å². The molecule has 0 aliphatic carbocycles. The molecule has 1 aliphatic rings. The summed E-state index contributed by atoms with van der Waals surface area (Å²) in [4.78, 5) is 17.7. The number of fused-ring (bicyclic) bond motifs is 2. The van der Waals surface area contributed by atoms with Crippen LogP contribution in [0.4, 0.5) is 5.69 Å². The molecule has 0 amide bonds. The van der Waals surface area contributed by atoms with Gasteiger partial charge in [-0.1, -0.05) is 26.0 Å². The van der Waals surface area contributed by atoms with Gasteiger partial charge in [-0.3, -0.25) is 9.36 Å². The van der Waals surface area contributed by atoms with Crippen LogP contribution in [0.2, 0.25) is 0 Å². The third-order valence-electron chi connectivity index (χ3n) is 5.11. The number of aromatic hydroxyl groups is 1. The van der Waals surface area contributed by atoms with E-state index in [-0.39, 0.29) is 28.1 Å². The van der Waals surface area contributed by atoms with E-state index in [1.165, 1.54) is 10.6 Å². The standard InChI is InChI=1S/C20H20N4O4S/c1-3-12(4-2)24-19-13(8-7-11-21-19)17(25)16(20(24)26)18-22-14-9-5-6-10-15(14)29(27,28)23-18/h5-12,25H,3-4H2,1-2H3,(H,22,23). The van der Waals surface area contributed by atoms with Crippen molar-refractivity contribution in [1.82, 2.24) is 9.55 Å². The van der Waals surface area contributed by atoms with Crippen LogP contribution in [-0.2, 0) is 10.0 Å². The maximum Gasteiger partial charge on any atom is 0.286 e. The fourth-order valence-corrected chi connectivity index (χ4v) is 4.78. The van der Waals surface area contributed by atoms with E-state index in [4.69, 9.17) is 0 Å². The molecule has 9 heteroatoms. The zero-order valence-electron chi connectivity index (χ0n) is 16.0. The van der Waals surface area contributed by atoms with E-state index >= 15 is 0 Å². The molecule has 1 aromatic carbocycles. The first kappa shape index (κ1) is 19.1. The summed E-state index contributed by atoms with van der Waals surface area (Å²) in [6.45, 7) is 3.91. The minimum absolute atomic E-state index is 0.0195. The van der Waals surface area contributed by atoms with Crippen LogP contribution >= 0.6 is 0 Å². The summed E-state index contributed by atoms with van der Waals surface area (Å²) in [5.74, 6) is -0.544. The van der Waals surface area contributed by atoms with Gasteiger partial charge in [-0.2, -0.15) is 8.42 Å². The molecule has 0 bridgehead atoms. The van der Waals surface area contributed by atoms with Gasteiger partial charge in [-0.15, -0.1) is 4.40 Å². The molecule has 3 aromatic rings. The fraction of sp³-hybridized carbons (Fsp3) is 0.250. The van der Waals surface area contributed by atoms with Gasteiger partial charge in [0.05, 0.1) is 11.1 Å². The lowest BCUT2D eigenvalue weighted by molar-refractivity contribution is 0.454. The third-order valence-corrected chi connectivity index (χ3v) is 6.45. The average Bonchev–Trinajstić information content (AvgIpc) is 2.71. The van der Waals surface area contributed by atoms with Crippen molar-refractivity contribution in [2.45, 2.75) is 37.6 Å². The smallest absolute Gasteiger partial charge is 0.286 e. The Kier molecular flexibility index (Phi) is 4.62. The summed E-state index contributed by atoms with van der Waals surface area (Å²) in [5.41, 5.74) is -0.0671. The summed E-state index contributed by atoms with van der Waals surface area (Å²) in [7, 11) is -4.02. The van der Waals surface area contributed by atoms with E-state index in [1.54, 1.807) is 36.5 Å². The van der Waals surface area contributed by atoms with E-state index in [1.807, 2.05) is 13.8 Å². The van der Waals surface area contributed by atoms with Crippen LogP contribution in [0.1, 0.15) is 38.3 Å². The number of rotatable bonds is 4. The van der Waals surface area contributed by atoms with Crippen molar-refractivity contribution in [3.05, 3.63) is 58.5 Å². The van der Waals surface area contributed by atoms with Crippen molar-refractivity contribution in [2.75, 3.05) is 5.32 Å². The van der Waals surface area contributed by atoms with Gasteiger partial charge in [0.1, 0.15) is 21.9 Å². The van der Waals surface area contributed by atoms with Crippen molar-refractivity contribution in [3.8, 4) is 5.75 Å². The topological polar surface area (TPSA) is 114 Å². The fourth-order valence-electron chi connectivity index (χ4n) is 3.66. The van der Waals surface area contributed by atoms with Crippen LogP contribution in [0.5, 0.6) is 5.75 Å². The Labute approximate surface area is 167 Å². The number of nitrogens with one attached hydrogen (secondary N) is 1. The van der Waals surface area contributed by atoms with Gasteiger partial charge in [0.25, 0.3) is 15.6 Å². The molecule has 0 saturated carbocycles. The largest absolute Gasteiger partial charge is 0.506 e. The van der Waals surface area contributed by atoms with Crippen LogP contribution in [0, 0.1) is 0 Å². The Hall–Kier alpha value is -3.20. The molecule has 2 N–H and O–H groups in total. The van der Waals surface area contributed by atoms with Crippen LogP contribution in [0.3, 0.4) is 0 Å². The van der Waals surface area contributed by atoms with Crippen molar-refractivity contribution < 1.29 is 13.5 Å². The number of hydrogen-bond donors (Lipinski definition) is 2. The summed E-state index contributed by atoms with van der Waals surface area (Å²) in [6.07, 6.45) is 2.90. The van der Waals surface area contributed by atoms with Gasteiger partial charge in [0, 0.05) is 12.2 Å². The molecule has 150 valence electrons. The first-order valence-corrected chi connectivity index (χ1v) is 10.8. The van der Waals surface area contributed by atoms with Crippen molar-refractivity contribution in [2.24, 2.45) is 4.40 Å². The zero-order valence-corrected chi connectivity index (χ0v) is 16.8. The highest BCUT2D eigenvalue weighted by atomic mass is 32.2. The number of anilines is 1. The van der Waals surface area contributed by atoms with Gasteiger partial charge in [-0.05, 0) is 37.1 Å². The number of pyridine rings is 2. The summed E-state index contributed by atoms with van der Waals surface area (Å²) < 4.78 is 30.6. The predicted molar refractivity (Wildman–Crippen MR) is 111 cm³/mol. The SMILES string of the molecule is CCC(CC)n1c(=O)c(C2=NS(=O)(=O)c3ccccc3N2)c(O)c2cccnc21. The zero-order chi connectivity index (χ0) is 20.8. The molecular formula is C20H20N4O4S. The maximum atomic E-state index is 13.4. The van der Waals surface area contributed by atoms with Crippen LogP contribution in [0.25, 0.3) is 11.0 Å². The molecular weight excluding hydrogens is 392 g/mol. The van der Waals surface area contributed by atoms with Crippen LogP contribution < -0.4 is 10.9 Å². The van der Waals surface area contributed by atoms with Crippen molar-refractivity contribution in [1.29, 1.82) is 0 Å². The average molecular weight is 412 g/mol. The Morgan fingerprint density at radius 1 is 1.14 bits per heavy atom. The minimum atomic E-state index is -4.02. The lowest BCUT2D eigenvalue weighted by atomic mass is 10.1. The number of nitrogens with zero attached hydrogens (tertiary/aromatic N) is 3. The molecule has 0 atom stereocenters. The van der Waals surface area contributed by atoms with Gasteiger partial charge in [0.15, 0.2) is 5.84 Å². The Bertz CT molecular complexity index is 1310. The van der Waals surface area contributed by atoms with Crippen LogP contribution in [0.15, 0.2) is 56.7 Å². The molecule has 1 aliphatic heterocycles. The molecule has 0 fully saturated rings. The number of para-hydroxylation sites is 1. The van der Waals surface area contributed by atoms with Gasteiger partial charge in [-0.25, -0.2) is 4.98 Å². The first-order chi connectivity index (χ1) is 13.9. The molecule has 8 nitrogen and oxygen atoms in total. The maximum absolute atomic E-state index is 13.4. The van der Waals surface area contributed by atoms with E-state index in [2.05, 4.69) is 14.7 Å². The van der Waals surface area contributed by atoms with E-state index in [9.17, 15) is 18.3 Å². The number of amidine groups is 1. The highest BCUT2D eigenvalue weighted by Gasteiger charge is 2.30. The molecule has 0 radical (unpaired) electrons. The third kappa shape index (κ3) is 2.98. The summed E-state index contributed by atoms with van der Waals surface area (Å²) in [6, 6.07) is 9.42. The Morgan fingerprint density at radius 3 is 2.59 bits per heavy atom. The lowest BCUT2D eigenvalue weighted by Crippen LogP contribution is -2.34. The Balaban J connectivity index is 2.06. The lowest BCUT2D eigenvalue weighted by Gasteiger charge is -2.23. The van der Waals surface area contributed by atoms with Crippen molar-refractivity contribution >= 4 is 32.6 Å². The summed E-state index contributed by atoms with van der Waals surface area (Å²) in [5, 5.41) is 14.1. The van der Waals surface area contributed by atoms with Gasteiger partial charge < -0.3 is 10.4 Å². The Morgan fingerprint density at radius 2 is 1.86 bits per heavy atom. The second kappa shape index (κ2) is 7.00. The molecule has 2 aromatic heterocycles. The van der Waals surface area contributed by atoms with Gasteiger partial charge >= 0.3 is 0 Å². The molecule has 0 spiro atoms. The second-order valence-electron chi connectivity index (χ2n) is 6.78. The normalized spacial score (nSPS) is 15.1. The number of benzene rings is 1. The predicted octanol–water partition coefficient (Wildman–Crippen LogP) is 3.02. The molecule has 4 rings (SSSR count). The van der Waals surface area contributed by atoms with Crippen molar-refractivity contribution in [3.63, 3.8) is 0 Å². The minimum Gasteiger partial charge on any atom is -0.506 e. The second-order valence-corrected chi connectivity index (χ2v) is 8.35. The molecule has 0 unspecified atom stereocenters. The molecule has 0 saturated heterocycles. The van der Waals surface area contributed by atoms with E-state index < -0.39 is 15.6 Å². The molecule has 29 heavy (non-hydrogen) atoms. The number of hydrogen-bond acceptors (Lipinski definition) is 6. The number of sulfonamides is 1. The van der Waals surface area contributed by atoms with Crippen LogP contribution in [-0.4, -0.2) is 28.9 Å². The first-order valence-electron chi connectivity index (χ1n) is 9.32. The van der Waals surface area contributed by atoms with E-state index in [0.29, 0.717) is 29.6 Å². The monoisotopic (exact) mass is 412 g/mol. The molecule has 3 heterocycles.